The van der Waals surface area contributed by atoms with Gasteiger partial charge in [0.1, 0.15) is 5.75 Å². The molecular weight excluding hydrogens is 370 g/mol. The first-order valence-electron chi connectivity index (χ1n) is 9.36. The molecule has 0 aliphatic rings. The molecule has 0 radical (unpaired) electrons. The van der Waals surface area contributed by atoms with Crippen molar-refractivity contribution in [1.29, 1.82) is 0 Å². The molecule has 0 unspecified atom stereocenters. The van der Waals surface area contributed by atoms with Crippen molar-refractivity contribution < 1.29 is 18.7 Å². The van der Waals surface area contributed by atoms with Crippen LogP contribution in [0.1, 0.15) is 25.7 Å². The Morgan fingerprint density at radius 2 is 1.59 bits per heavy atom. The largest absolute Gasteiger partial charge is 0.497 e. The summed E-state index contributed by atoms with van der Waals surface area (Å²) < 4.78 is 10.9. The van der Waals surface area contributed by atoms with Crippen molar-refractivity contribution in [1.82, 2.24) is 4.98 Å². The number of hydrogen-bond donors (Lipinski definition) is 2. The molecule has 1 aromatic heterocycles. The van der Waals surface area contributed by atoms with Crippen LogP contribution in [0.15, 0.2) is 59.1 Å². The van der Waals surface area contributed by atoms with E-state index in [4.69, 9.17) is 9.15 Å². The molecule has 3 rings (SSSR count). The molecule has 0 atom stereocenters. The fourth-order valence-electron chi connectivity index (χ4n) is 2.64. The summed E-state index contributed by atoms with van der Waals surface area (Å²) in [5.74, 6) is 1.73. The van der Waals surface area contributed by atoms with E-state index < -0.39 is 0 Å². The molecule has 7 nitrogen and oxygen atoms in total. The summed E-state index contributed by atoms with van der Waals surface area (Å²) in [5.41, 5.74) is 2.25. The summed E-state index contributed by atoms with van der Waals surface area (Å²) in [4.78, 5) is 27.8. The van der Waals surface area contributed by atoms with E-state index in [0.29, 0.717) is 35.9 Å². The van der Waals surface area contributed by atoms with Crippen molar-refractivity contribution in [3.05, 3.63) is 60.6 Å². The van der Waals surface area contributed by atoms with E-state index in [1.807, 2.05) is 24.3 Å². The Morgan fingerprint density at radius 3 is 2.17 bits per heavy atom. The minimum atomic E-state index is -0.139. The standard InChI is InChI=1S/C22H23N3O4/c1-3-20(26)24-16-6-8-17(9-7-16)25-21(27)12-13-22-23-14-19(29-22)15-4-10-18(28-2)11-5-15/h4-11,14H,3,12-13H2,1-2H3,(H,24,26)(H,25,27). The number of amides is 2. The number of hydrogen-bond acceptors (Lipinski definition) is 5. The van der Waals surface area contributed by atoms with Crippen LogP contribution in [0, 0.1) is 0 Å². The van der Waals surface area contributed by atoms with E-state index in [0.717, 1.165) is 11.3 Å². The summed E-state index contributed by atoms with van der Waals surface area (Å²) in [6, 6.07) is 14.5. The highest BCUT2D eigenvalue weighted by molar-refractivity contribution is 5.92. The van der Waals surface area contributed by atoms with E-state index in [-0.39, 0.29) is 18.2 Å². The molecule has 0 fully saturated rings. The number of methoxy groups -OCH3 is 1. The van der Waals surface area contributed by atoms with Crippen molar-refractivity contribution in [2.45, 2.75) is 26.2 Å². The Bertz CT molecular complexity index is 962. The maximum Gasteiger partial charge on any atom is 0.224 e. The lowest BCUT2D eigenvalue weighted by Crippen LogP contribution is -2.13. The number of anilines is 2. The van der Waals surface area contributed by atoms with E-state index >= 15 is 0 Å². The SMILES string of the molecule is CCC(=O)Nc1ccc(NC(=O)CCc2ncc(-c3ccc(OC)cc3)o2)cc1. The topological polar surface area (TPSA) is 93.5 Å². The number of aryl methyl sites for hydroxylation is 1. The van der Waals surface area contributed by atoms with Gasteiger partial charge in [-0.25, -0.2) is 4.98 Å². The molecule has 150 valence electrons. The lowest BCUT2D eigenvalue weighted by Gasteiger charge is -2.07. The van der Waals surface area contributed by atoms with Crippen LogP contribution in [0.3, 0.4) is 0 Å². The minimum absolute atomic E-state index is 0.0539. The number of rotatable bonds is 8. The maximum absolute atomic E-state index is 12.2. The molecule has 3 aromatic rings. The summed E-state index contributed by atoms with van der Waals surface area (Å²) >= 11 is 0. The summed E-state index contributed by atoms with van der Waals surface area (Å²) in [6.07, 6.45) is 2.71. The van der Waals surface area contributed by atoms with Crippen molar-refractivity contribution >= 4 is 23.2 Å². The number of benzene rings is 2. The zero-order valence-corrected chi connectivity index (χ0v) is 16.4. The zero-order chi connectivity index (χ0) is 20.6. The highest BCUT2D eigenvalue weighted by Gasteiger charge is 2.10. The predicted octanol–water partition coefficient (Wildman–Crippen LogP) is 4.27. The van der Waals surface area contributed by atoms with E-state index in [9.17, 15) is 9.59 Å². The van der Waals surface area contributed by atoms with Crippen LogP contribution >= 0.6 is 0 Å². The van der Waals surface area contributed by atoms with Crippen LogP contribution in [-0.2, 0) is 16.0 Å². The van der Waals surface area contributed by atoms with Crippen LogP contribution in [0.2, 0.25) is 0 Å². The molecule has 0 aliphatic heterocycles. The maximum atomic E-state index is 12.2. The highest BCUT2D eigenvalue weighted by Crippen LogP contribution is 2.23. The minimum Gasteiger partial charge on any atom is -0.497 e. The Morgan fingerprint density at radius 1 is 0.966 bits per heavy atom. The van der Waals surface area contributed by atoms with Crippen LogP contribution < -0.4 is 15.4 Å². The number of oxazole rings is 1. The van der Waals surface area contributed by atoms with Crippen LogP contribution in [-0.4, -0.2) is 23.9 Å². The number of nitrogens with one attached hydrogen (secondary N) is 2. The van der Waals surface area contributed by atoms with Gasteiger partial charge in [0.05, 0.1) is 13.3 Å². The number of nitrogens with zero attached hydrogens (tertiary/aromatic N) is 1. The first kappa shape index (κ1) is 20.1. The lowest BCUT2D eigenvalue weighted by atomic mass is 10.2. The molecule has 2 aromatic carbocycles. The first-order chi connectivity index (χ1) is 14.1. The number of carbonyl (C=O) groups is 2. The molecule has 0 aliphatic carbocycles. The van der Waals surface area contributed by atoms with Gasteiger partial charge in [-0.2, -0.15) is 0 Å². The fourth-order valence-corrected chi connectivity index (χ4v) is 2.64. The molecule has 2 amide bonds. The van der Waals surface area contributed by atoms with Crippen LogP contribution in [0.25, 0.3) is 11.3 Å². The molecule has 0 saturated heterocycles. The van der Waals surface area contributed by atoms with Gasteiger partial charge in [-0.3, -0.25) is 9.59 Å². The molecular formula is C22H23N3O4. The molecule has 0 saturated carbocycles. The third-order valence-electron chi connectivity index (χ3n) is 4.27. The Hall–Kier alpha value is -3.61. The first-order valence-corrected chi connectivity index (χ1v) is 9.36. The van der Waals surface area contributed by atoms with Gasteiger partial charge in [0.15, 0.2) is 11.7 Å². The van der Waals surface area contributed by atoms with Crippen LogP contribution in [0.4, 0.5) is 11.4 Å². The van der Waals surface area contributed by atoms with E-state index in [2.05, 4.69) is 15.6 Å². The average Bonchev–Trinajstić information content (AvgIpc) is 3.23. The van der Waals surface area contributed by atoms with Crippen molar-refractivity contribution in [2.24, 2.45) is 0 Å². The smallest absolute Gasteiger partial charge is 0.224 e. The van der Waals surface area contributed by atoms with Crippen LogP contribution in [0.5, 0.6) is 5.75 Å². The highest BCUT2D eigenvalue weighted by atomic mass is 16.5. The van der Waals surface area contributed by atoms with Crippen molar-refractivity contribution in [3.8, 4) is 17.1 Å². The van der Waals surface area contributed by atoms with Crippen molar-refractivity contribution in [3.63, 3.8) is 0 Å². The molecule has 7 heteroatoms. The normalized spacial score (nSPS) is 10.4. The van der Waals surface area contributed by atoms with Gasteiger partial charge in [-0.15, -0.1) is 0 Å². The number of ether oxygens (including phenoxy) is 1. The molecule has 29 heavy (non-hydrogen) atoms. The van der Waals surface area contributed by atoms with E-state index in [1.165, 1.54) is 0 Å². The second-order valence-electron chi connectivity index (χ2n) is 6.37. The zero-order valence-electron chi connectivity index (χ0n) is 16.4. The second kappa shape index (κ2) is 9.54. The summed E-state index contributed by atoms with van der Waals surface area (Å²) in [6.45, 7) is 1.79. The summed E-state index contributed by atoms with van der Waals surface area (Å²) in [5, 5.41) is 5.58. The second-order valence-corrected chi connectivity index (χ2v) is 6.37. The predicted molar refractivity (Wildman–Crippen MR) is 111 cm³/mol. The number of aromatic nitrogens is 1. The Labute approximate surface area is 169 Å². The van der Waals surface area contributed by atoms with Gasteiger partial charge < -0.3 is 19.8 Å². The fraction of sp³-hybridized carbons (Fsp3) is 0.227. The quantitative estimate of drug-likeness (QED) is 0.596. The molecule has 1 heterocycles. The lowest BCUT2D eigenvalue weighted by molar-refractivity contribution is -0.116. The number of carbonyl (C=O) groups excluding carboxylic acids is 2. The van der Waals surface area contributed by atoms with Gasteiger partial charge in [0, 0.05) is 36.2 Å². The van der Waals surface area contributed by atoms with Gasteiger partial charge in [-0.05, 0) is 48.5 Å². The van der Waals surface area contributed by atoms with Gasteiger partial charge in [0.2, 0.25) is 11.8 Å². The van der Waals surface area contributed by atoms with Gasteiger partial charge >= 0.3 is 0 Å². The van der Waals surface area contributed by atoms with Crippen molar-refractivity contribution in [2.75, 3.05) is 17.7 Å². The van der Waals surface area contributed by atoms with Gasteiger partial charge in [0.25, 0.3) is 0 Å². The monoisotopic (exact) mass is 393 g/mol. The molecule has 2 N–H and O–H groups in total. The molecule has 0 bridgehead atoms. The van der Waals surface area contributed by atoms with E-state index in [1.54, 1.807) is 44.5 Å². The summed E-state index contributed by atoms with van der Waals surface area (Å²) in [7, 11) is 1.62. The Kier molecular flexibility index (Phi) is 6.63. The third kappa shape index (κ3) is 5.68. The Balaban J connectivity index is 1.50. The molecule has 0 spiro atoms. The van der Waals surface area contributed by atoms with Gasteiger partial charge in [-0.1, -0.05) is 6.92 Å². The average molecular weight is 393 g/mol. The third-order valence-corrected chi connectivity index (χ3v) is 4.27.